The zero-order chi connectivity index (χ0) is 14.4. The summed E-state index contributed by atoms with van der Waals surface area (Å²) in [6.45, 7) is 0.479. The summed E-state index contributed by atoms with van der Waals surface area (Å²) in [5, 5.41) is 10.6. The van der Waals surface area contributed by atoms with Crippen molar-refractivity contribution >= 4 is 5.97 Å². The number of carbonyl (C=O) groups excluding carboxylic acids is 1. The topological polar surface area (TPSA) is 77.0 Å². The monoisotopic (exact) mass is 271 g/mol. The van der Waals surface area contributed by atoms with E-state index in [2.05, 4.69) is 5.73 Å². The second-order valence-electron chi connectivity index (χ2n) is 4.62. The number of aliphatic carboxylic acids is 1. The van der Waals surface area contributed by atoms with Crippen molar-refractivity contribution in [3.8, 4) is 5.75 Å². The minimum absolute atomic E-state index is 0.0951. The lowest BCUT2D eigenvalue weighted by Crippen LogP contribution is -2.55. The summed E-state index contributed by atoms with van der Waals surface area (Å²) < 4.78 is 5.70. The van der Waals surface area contributed by atoms with Gasteiger partial charge >= 0.3 is 0 Å². The fraction of sp³-hybridized carbons (Fsp3) is 0.188. The van der Waals surface area contributed by atoms with Crippen molar-refractivity contribution in [1.29, 1.82) is 0 Å². The maximum Gasteiger partial charge on any atom is 0.120 e. The average molecular weight is 271 g/mol. The van der Waals surface area contributed by atoms with Gasteiger partial charge in [-0.3, -0.25) is 0 Å². The molecule has 2 rings (SSSR count). The summed E-state index contributed by atoms with van der Waals surface area (Å²) in [6.07, 6.45) is -0.0951. The standard InChI is InChI=1S/C16H17NO3/c17-15(10-16(18)19)13-7-4-8-14(9-13)20-11-12-5-2-1-3-6-12/h1-9,15H,10-11,17H2,(H,18,19)/t15-/m0/s1. The van der Waals surface area contributed by atoms with E-state index in [9.17, 15) is 9.90 Å². The molecule has 0 fully saturated rings. The lowest BCUT2D eigenvalue weighted by molar-refractivity contribution is -0.430. The molecule has 4 nitrogen and oxygen atoms in total. The molecular weight excluding hydrogens is 254 g/mol. The average Bonchev–Trinajstić information content (AvgIpc) is 2.46. The molecule has 2 aromatic rings. The number of carboxylic acids is 1. The van der Waals surface area contributed by atoms with Gasteiger partial charge in [0.05, 0.1) is 0 Å². The Kier molecular flexibility index (Phi) is 4.74. The second kappa shape index (κ2) is 6.73. The molecule has 0 amide bonds. The van der Waals surface area contributed by atoms with E-state index in [1.807, 2.05) is 54.6 Å². The van der Waals surface area contributed by atoms with Gasteiger partial charge in [-0.15, -0.1) is 0 Å². The Morgan fingerprint density at radius 3 is 2.60 bits per heavy atom. The molecule has 0 aliphatic carbocycles. The summed E-state index contributed by atoms with van der Waals surface area (Å²) in [5.41, 5.74) is 5.75. The van der Waals surface area contributed by atoms with Gasteiger partial charge in [0, 0.05) is 18.0 Å². The van der Waals surface area contributed by atoms with Crippen LogP contribution in [-0.2, 0) is 11.4 Å². The Morgan fingerprint density at radius 1 is 1.15 bits per heavy atom. The minimum atomic E-state index is -1.10. The molecule has 0 aromatic heterocycles. The van der Waals surface area contributed by atoms with Crippen LogP contribution in [0.4, 0.5) is 0 Å². The minimum Gasteiger partial charge on any atom is -0.550 e. The third kappa shape index (κ3) is 4.10. The Morgan fingerprint density at radius 2 is 1.90 bits per heavy atom. The number of carboxylic acid groups (broad SMARTS) is 1. The van der Waals surface area contributed by atoms with Crippen LogP contribution in [0.1, 0.15) is 23.6 Å². The third-order valence-corrected chi connectivity index (χ3v) is 2.99. The van der Waals surface area contributed by atoms with E-state index >= 15 is 0 Å². The van der Waals surface area contributed by atoms with E-state index in [-0.39, 0.29) is 12.5 Å². The predicted octanol–water partition coefficient (Wildman–Crippen LogP) is 0.689. The SMILES string of the molecule is [NH3+][C@@H](CC(=O)[O-])c1cccc(OCc2ccccc2)c1. The molecule has 0 saturated heterocycles. The molecule has 0 heterocycles. The highest BCUT2D eigenvalue weighted by atomic mass is 16.5. The highest BCUT2D eigenvalue weighted by molar-refractivity contribution is 5.65. The van der Waals surface area contributed by atoms with Crippen molar-refractivity contribution < 1.29 is 20.4 Å². The predicted molar refractivity (Wildman–Crippen MR) is 72.5 cm³/mol. The molecule has 1 atom stereocenters. The number of ether oxygens (including phenoxy) is 1. The quantitative estimate of drug-likeness (QED) is 0.839. The van der Waals surface area contributed by atoms with Crippen LogP contribution in [-0.4, -0.2) is 5.97 Å². The first kappa shape index (κ1) is 14.1. The number of hydrogen-bond donors (Lipinski definition) is 1. The number of hydrogen-bond acceptors (Lipinski definition) is 3. The van der Waals surface area contributed by atoms with Gasteiger partial charge in [-0.05, 0) is 17.7 Å². The van der Waals surface area contributed by atoms with Crippen LogP contribution in [0.2, 0.25) is 0 Å². The summed E-state index contributed by atoms with van der Waals surface area (Å²) in [7, 11) is 0. The van der Waals surface area contributed by atoms with Gasteiger partial charge in [0.2, 0.25) is 0 Å². The largest absolute Gasteiger partial charge is 0.550 e. The fourth-order valence-corrected chi connectivity index (χ4v) is 1.92. The van der Waals surface area contributed by atoms with E-state index in [0.717, 1.165) is 11.1 Å². The van der Waals surface area contributed by atoms with Crippen molar-refractivity contribution in [2.45, 2.75) is 19.1 Å². The van der Waals surface area contributed by atoms with E-state index in [1.165, 1.54) is 0 Å². The number of quaternary nitrogens is 1. The Bertz CT molecular complexity index is 569. The van der Waals surface area contributed by atoms with Crippen LogP contribution in [0.25, 0.3) is 0 Å². The van der Waals surface area contributed by atoms with Crippen molar-refractivity contribution in [2.24, 2.45) is 0 Å². The lowest BCUT2D eigenvalue weighted by atomic mass is 10.0. The first-order valence-electron chi connectivity index (χ1n) is 6.45. The maximum absolute atomic E-state index is 10.6. The van der Waals surface area contributed by atoms with E-state index in [0.29, 0.717) is 12.4 Å². The molecule has 0 spiro atoms. The van der Waals surface area contributed by atoms with Crippen LogP contribution in [0.15, 0.2) is 54.6 Å². The summed E-state index contributed by atoms with van der Waals surface area (Å²) in [4.78, 5) is 10.6. The van der Waals surface area contributed by atoms with E-state index in [1.54, 1.807) is 0 Å². The van der Waals surface area contributed by atoms with Gasteiger partial charge in [-0.1, -0.05) is 42.5 Å². The highest BCUT2D eigenvalue weighted by Gasteiger charge is 2.10. The van der Waals surface area contributed by atoms with Gasteiger partial charge in [-0.25, -0.2) is 0 Å². The third-order valence-electron chi connectivity index (χ3n) is 2.99. The molecule has 0 radical (unpaired) electrons. The molecule has 0 saturated carbocycles. The molecule has 4 heteroatoms. The number of benzene rings is 2. The van der Waals surface area contributed by atoms with Gasteiger partial charge in [0.1, 0.15) is 18.4 Å². The van der Waals surface area contributed by atoms with E-state index < -0.39 is 5.97 Å². The molecule has 0 aliphatic rings. The smallest absolute Gasteiger partial charge is 0.120 e. The Balaban J connectivity index is 2.01. The van der Waals surface area contributed by atoms with Crippen LogP contribution in [0, 0.1) is 0 Å². The zero-order valence-corrected chi connectivity index (χ0v) is 11.1. The summed E-state index contributed by atoms with van der Waals surface area (Å²) in [5.74, 6) is -0.390. The highest BCUT2D eigenvalue weighted by Crippen LogP contribution is 2.19. The Labute approximate surface area is 117 Å². The lowest BCUT2D eigenvalue weighted by Gasteiger charge is -2.12. The van der Waals surface area contributed by atoms with Crippen LogP contribution >= 0.6 is 0 Å². The van der Waals surface area contributed by atoms with E-state index in [4.69, 9.17) is 4.74 Å². The van der Waals surface area contributed by atoms with Crippen LogP contribution in [0.3, 0.4) is 0 Å². The van der Waals surface area contributed by atoms with Crippen molar-refractivity contribution in [3.05, 3.63) is 65.7 Å². The molecular formula is C16H17NO3. The Hall–Kier alpha value is -2.33. The molecule has 0 aliphatic heterocycles. The molecule has 3 N–H and O–H groups in total. The van der Waals surface area contributed by atoms with Crippen molar-refractivity contribution in [1.82, 2.24) is 0 Å². The zero-order valence-electron chi connectivity index (χ0n) is 11.1. The summed E-state index contributed by atoms with van der Waals surface area (Å²) in [6, 6.07) is 16.9. The number of carbonyl (C=O) groups is 1. The fourth-order valence-electron chi connectivity index (χ4n) is 1.92. The molecule has 0 unspecified atom stereocenters. The van der Waals surface area contributed by atoms with Crippen molar-refractivity contribution in [2.75, 3.05) is 0 Å². The molecule has 20 heavy (non-hydrogen) atoms. The molecule has 104 valence electrons. The number of rotatable bonds is 6. The maximum atomic E-state index is 10.6. The molecule has 2 aromatic carbocycles. The van der Waals surface area contributed by atoms with Gasteiger partial charge in [0.15, 0.2) is 0 Å². The first-order valence-corrected chi connectivity index (χ1v) is 6.45. The van der Waals surface area contributed by atoms with Crippen molar-refractivity contribution in [3.63, 3.8) is 0 Å². The molecule has 0 bridgehead atoms. The first-order chi connectivity index (χ1) is 9.65. The van der Waals surface area contributed by atoms with Crippen LogP contribution in [0.5, 0.6) is 5.75 Å². The normalized spacial score (nSPS) is 11.8. The second-order valence-corrected chi connectivity index (χ2v) is 4.62. The van der Waals surface area contributed by atoms with Gasteiger partial charge in [0.25, 0.3) is 0 Å². The van der Waals surface area contributed by atoms with Gasteiger partial charge < -0.3 is 20.4 Å². The summed E-state index contributed by atoms with van der Waals surface area (Å²) >= 11 is 0. The van der Waals surface area contributed by atoms with Crippen LogP contribution < -0.4 is 15.6 Å². The van der Waals surface area contributed by atoms with Gasteiger partial charge in [-0.2, -0.15) is 0 Å².